The van der Waals surface area contributed by atoms with Gasteiger partial charge in [-0.25, -0.2) is 0 Å². The Hall–Kier alpha value is -3.64. The summed E-state index contributed by atoms with van der Waals surface area (Å²) in [7, 11) is 0. The molecular weight excluding hydrogens is 456 g/mol. The maximum Gasteiger partial charge on any atom is 0.387 e. The molecule has 2 heterocycles. The van der Waals surface area contributed by atoms with Crippen molar-refractivity contribution in [2.75, 3.05) is 37.7 Å². The number of hydrogen-bond acceptors (Lipinski definition) is 6. The second-order valence-corrected chi connectivity index (χ2v) is 8.87. The highest BCUT2D eigenvalue weighted by atomic mass is 19.3. The van der Waals surface area contributed by atoms with Crippen molar-refractivity contribution in [1.82, 2.24) is 4.90 Å². The van der Waals surface area contributed by atoms with Crippen LogP contribution in [0.25, 0.3) is 0 Å². The molecule has 5 rings (SSSR count). The van der Waals surface area contributed by atoms with Gasteiger partial charge in [-0.2, -0.15) is 14.0 Å². The van der Waals surface area contributed by atoms with Gasteiger partial charge in [-0.3, -0.25) is 9.69 Å². The quantitative estimate of drug-likeness (QED) is 0.504. The van der Waals surface area contributed by atoms with Crippen molar-refractivity contribution < 1.29 is 27.8 Å². The highest BCUT2D eigenvalue weighted by Crippen LogP contribution is 2.40. The van der Waals surface area contributed by atoms with Crippen molar-refractivity contribution in [2.45, 2.75) is 25.4 Å². The van der Waals surface area contributed by atoms with Crippen LogP contribution in [0.4, 0.5) is 14.5 Å². The lowest BCUT2D eigenvalue weighted by Gasteiger charge is -2.34. The van der Waals surface area contributed by atoms with Gasteiger partial charge in [-0.05, 0) is 54.7 Å². The summed E-state index contributed by atoms with van der Waals surface area (Å²) in [4.78, 5) is 16.4. The molecule has 2 aliphatic heterocycles. The number of alkyl halides is 2. The van der Waals surface area contributed by atoms with Crippen LogP contribution in [0.3, 0.4) is 0 Å². The molecule has 0 aromatic heterocycles. The molecule has 2 fully saturated rings. The number of carbonyl (C=O) groups is 1. The van der Waals surface area contributed by atoms with E-state index in [1.807, 2.05) is 29.2 Å². The largest absolute Gasteiger partial charge is 0.488 e. The van der Waals surface area contributed by atoms with Crippen molar-refractivity contribution in [1.29, 1.82) is 5.26 Å². The van der Waals surface area contributed by atoms with Crippen molar-refractivity contribution in [3.8, 4) is 23.3 Å². The van der Waals surface area contributed by atoms with Crippen LogP contribution in [0, 0.1) is 17.2 Å². The second kappa shape index (κ2) is 9.92. The summed E-state index contributed by atoms with van der Waals surface area (Å²) >= 11 is 0. The Kier molecular flexibility index (Phi) is 6.55. The summed E-state index contributed by atoms with van der Waals surface area (Å²) < 4.78 is 42.2. The third-order valence-electron chi connectivity index (χ3n) is 6.33. The van der Waals surface area contributed by atoms with Gasteiger partial charge in [0, 0.05) is 37.9 Å². The Balaban J connectivity index is 1.21. The average molecular weight is 481 g/mol. The molecular formula is C26H25F2N3O4. The van der Waals surface area contributed by atoms with Crippen LogP contribution in [0.5, 0.6) is 17.2 Å². The molecule has 182 valence electrons. The molecule has 0 radical (unpaired) electrons. The maximum absolute atomic E-state index is 13.0. The predicted molar refractivity (Wildman–Crippen MR) is 124 cm³/mol. The van der Waals surface area contributed by atoms with E-state index in [9.17, 15) is 13.6 Å². The number of hydrogen-bond donors (Lipinski definition) is 0. The SMILES string of the molecule is N#CC1CN(CCOc2ccc(N3CC=C(Oc4ccc(C5CC5)cc4)C3=O)cc2OC(F)F)C1. The molecule has 2 aromatic carbocycles. The minimum atomic E-state index is -3.04. The number of nitrogens with zero attached hydrogens (tertiary/aromatic N) is 3. The van der Waals surface area contributed by atoms with Gasteiger partial charge in [-0.1, -0.05) is 12.1 Å². The molecule has 2 aromatic rings. The summed E-state index contributed by atoms with van der Waals surface area (Å²) in [5.74, 6) is 1.09. The van der Waals surface area contributed by atoms with E-state index in [0.29, 0.717) is 37.0 Å². The van der Waals surface area contributed by atoms with Gasteiger partial charge in [0.15, 0.2) is 17.3 Å². The first-order chi connectivity index (χ1) is 17.0. The fraction of sp³-hybridized carbons (Fsp3) is 0.385. The molecule has 9 heteroatoms. The normalized spacial score (nSPS) is 18.3. The first-order valence-corrected chi connectivity index (χ1v) is 11.6. The van der Waals surface area contributed by atoms with E-state index in [0.717, 1.165) is 0 Å². The highest BCUT2D eigenvalue weighted by Gasteiger charge is 2.29. The molecule has 1 amide bonds. The number of ether oxygens (including phenoxy) is 3. The summed E-state index contributed by atoms with van der Waals surface area (Å²) in [6, 6.07) is 14.5. The van der Waals surface area contributed by atoms with Gasteiger partial charge in [0.1, 0.15) is 12.4 Å². The van der Waals surface area contributed by atoms with Crippen LogP contribution in [-0.4, -0.2) is 50.2 Å². The molecule has 1 aliphatic carbocycles. The lowest BCUT2D eigenvalue weighted by atomic mass is 10.0. The van der Waals surface area contributed by atoms with E-state index in [4.69, 9.17) is 14.7 Å². The smallest absolute Gasteiger partial charge is 0.387 e. The summed E-state index contributed by atoms with van der Waals surface area (Å²) in [6.07, 6.45) is 4.08. The Bertz CT molecular complexity index is 1150. The van der Waals surface area contributed by atoms with Crippen LogP contribution in [-0.2, 0) is 4.79 Å². The zero-order valence-electron chi connectivity index (χ0n) is 19.0. The first kappa shape index (κ1) is 23.1. The number of anilines is 1. The van der Waals surface area contributed by atoms with Crippen molar-refractivity contribution in [3.63, 3.8) is 0 Å². The van der Waals surface area contributed by atoms with Crippen molar-refractivity contribution in [3.05, 3.63) is 59.9 Å². The zero-order chi connectivity index (χ0) is 24.4. The van der Waals surface area contributed by atoms with Crippen molar-refractivity contribution >= 4 is 11.6 Å². The summed E-state index contributed by atoms with van der Waals surface area (Å²) in [6.45, 7) is -0.595. The van der Waals surface area contributed by atoms with Crippen LogP contribution in [0.15, 0.2) is 54.3 Å². The monoisotopic (exact) mass is 481 g/mol. The van der Waals surface area contributed by atoms with Gasteiger partial charge < -0.3 is 19.1 Å². The Morgan fingerprint density at radius 1 is 1.09 bits per heavy atom. The Labute approximate surface area is 202 Å². The molecule has 0 bridgehead atoms. The lowest BCUT2D eigenvalue weighted by molar-refractivity contribution is -0.116. The molecule has 0 atom stereocenters. The summed E-state index contributed by atoms with van der Waals surface area (Å²) in [5.41, 5.74) is 1.67. The van der Waals surface area contributed by atoms with Crippen LogP contribution >= 0.6 is 0 Å². The number of benzene rings is 2. The molecule has 0 N–H and O–H groups in total. The molecule has 7 nitrogen and oxygen atoms in total. The van der Waals surface area contributed by atoms with Crippen LogP contribution < -0.4 is 19.1 Å². The predicted octanol–water partition coefficient (Wildman–Crippen LogP) is 4.31. The molecule has 1 saturated heterocycles. The molecule has 0 spiro atoms. The minimum absolute atomic E-state index is 0.0367. The standard InChI is InChI=1S/C26H25F2N3O4/c27-26(28)35-24-13-20(5-8-22(24)33-12-11-30-15-17(14-29)16-30)31-10-9-23(25(31)32)34-21-6-3-19(4-7-21)18-1-2-18/h3-9,13,17-18,26H,1-2,10-12,15-16H2. The molecule has 0 unspecified atom stereocenters. The van der Waals surface area contributed by atoms with E-state index in [1.54, 1.807) is 12.1 Å². The van der Waals surface area contributed by atoms with Gasteiger partial charge in [0.05, 0.1) is 12.0 Å². The van der Waals surface area contributed by atoms with E-state index < -0.39 is 6.61 Å². The molecule has 1 saturated carbocycles. The number of rotatable bonds is 10. The summed E-state index contributed by atoms with van der Waals surface area (Å²) in [5, 5.41) is 8.85. The van der Waals surface area contributed by atoms with Crippen LogP contribution in [0.1, 0.15) is 24.3 Å². The maximum atomic E-state index is 13.0. The number of amides is 1. The van der Waals surface area contributed by atoms with E-state index in [-0.39, 0.29) is 42.2 Å². The minimum Gasteiger partial charge on any atom is -0.488 e. The number of halogens is 2. The van der Waals surface area contributed by atoms with E-state index >= 15 is 0 Å². The van der Waals surface area contributed by atoms with Crippen LogP contribution in [0.2, 0.25) is 0 Å². The average Bonchev–Trinajstić information content (AvgIpc) is 3.60. The highest BCUT2D eigenvalue weighted by molar-refractivity contribution is 6.07. The fourth-order valence-electron chi connectivity index (χ4n) is 4.23. The van der Waals surface area contributed by atoms with Crippen molar-refractivity contribution in [2.24, 2.45) is 5.92 Å². The Morgan fingerprint density at radius 2 is 1.86 bits per heavy atom. The number of likely N-dealkylation sites (tertiary alicyclic amines) is 1. The first-order valence-electron chi connectivity index (χ1n) is 11.6. The third kappa shape index (κ3) is 5.38. The number of nitriles is 1. The van der Waals surface area contributed by atoms with Gasteiger partial charge in [0.25, 0.3) is 5.91 Å². The third-order valence-corrected chi connectivity index (χ3v) is 6.33. The lowest BCUT2D eigenvalue weighted by Crippen LogP contribution is -2.47. The number of carbonyl (C=O) groups excluding carboxylic acids is 1. The topological polar surface area (TPSA) is 75.0 Å². The van der Waals surface area contributed by atoms with Gasteiger partial charge in [-0.15, -0.1) is 0 Å². The van der Waals surface area contributed by atoms with Gasteiger partial charge in [0.2, 0.25) is 0 Å². The van der Waals surface area contributed by atoms with E-state index in [1.165, 1.54) is 35.4 Å². The molecule has 3 aliphatic rings. The zero-order valence-corrected chi connectivity index (χ0v) is 19.0. The second-order valence-electron chi connectivity index (χ2n) is 8.87. The Morgan fingerprint density at radius 3 is 2.54 bits per heavy atom. The molecule has 35 heavy (non-hydrogen) atoms. The van der Waals surface area contributed by atoms with E-state index in [2.05, 4.69) is 10.8 Å². The van der Waals surface area contributed by atoms with Gasteiger partial charge >= 0.3 is 6.61 Å². The fourth-order valence-corrected chi connectivity index (χ4v) is 4.23.